The van der Waals surface area contributed by atoms with Gasteiger partial charge in [0.15, 0.2) is 0 Å². The lowest BCUT2D eigenvalue weighted by atomic mass is 9.95. The Balaban J connectivity index is 1.29. The number of rotatable bonds is 12. The van der Waals surface area contributed by atoms with E-state index in [1.165, 1.54) is 35.6 Å². The van der Waals surface area contributed by atoms with Crippen molar-refractivity contribution in [3.8, 4) is 0 Å². The molecule has 1 saturated heterocycles. The quantitative estimate of drug-likeness (QED) is 0.217. The van der Waals surface area contributed by atoms with Crippen LogP contribution in [0.4, 0.5) is 0 Å². The predicted molar refractivity (Wildman–Crippen MR) is 150 cm³/mol. The molecule has 2 aromatic rings. The number of carbonyl (C=O) groups is 3. The van der Waals surface area contributed by atoms with Crippen LogP contribution in [0.3, 0.4) is 0 Å². The van der Waals surface area contributed by atoms with E-state index < -0.39 is 12.2 Å². The van der Waals surface area contributed by atoms with Crippen LogP contribution in [0.15, 0.2) is 54.6 Å². The third kappa shape index (κ3) is 7.88. The van der Waals surface area contributed by atoms with Crippen LogP contribution in [0.1, 0.15) is 44.2 Å². The molecule has 0 bridgehead atoms. The van der Waals surface area contributed by atoms with E-state index in [1.807, 2.05) is 0 Å². The normalized spacial score (nSPS) is 18.1. The van der Waals surface area contributed by atoms with Crippen molar-refractivity contribution in [2.45, 2.75) is 50.9 Å². The van der Waals surface area contributed by atoms with Gasteiger partial charge >= 0.3 is 5.97 Å². The van der Waals surface area contributed by atoms with E-state index in [0.717, 1.165) is 38.8 Å². The van der Waals surface area contributed by atoms with Crippen LogP contribution in [0.5, 0.6) is 0 Å². The van der Waals surface area contributed by atoms with Gasteiger partial charge in [0.05, 0.1) is 20.2 Å². The Hall–Kier alpha value is -3.27. The lowest BCUT2D eigenvalue weighted by molar-refractivity contribution is -0.140. The van der Waals surface area contributed by atoms with Gasteiger partial charge < -0.3 is 20.1 Å². The molecule has 9 heteroatoms. The summed E-state index contributed by atoms with van der Waals surface area (Å²) >= 11 is 0. The van der Waals surface area contributed by atoms with Crippen LogP contribution in [0.2, 0.25) is 0 Å². The molecule has 1 heterocycles. The Bertz CT molecular complexity index is 1170. The summed E-state index contributed by atoms with van der Waals surface area (Å²) in [7, 11) is 1.29. The van der Waals surface area contributed by atoms with Crippen LogP contribution >= 0.6 is 0 Å². The van der Waals surface area contributed by atoms with Crippen molar-refractivity contribution in [2.75, 3.05) is 39.8 Å². The highest BCUT2D eigenvalue weighted by atomic mass is 16.5. The summed E-state index contributed by atoms with van der Waals surface area (Å²) in [6.45, 7) is 4.19. The van der Waals surface area contributed by atoms with E-state index in [1.54, 1.807) is 4.90 Å². The summed E-state index contributed by atoms with van der Waals surface area (Å²) in [4.78, 5) is 41.2. The molecule has 1 unspecified atom stereocenters. The molecule has 0 radical (unpaired) electrons. The number of esters is 1. The second kappa shape index (κ2) is 13.7. The van der Waals surface area contributed by atoms with Gasteiger partial charge in [-0.05, 0) is 48.9 Å². The van der Waals surface area contributed by atoms with Gasteiger partial charge in [0.2, 0.25) is 11.8 Å². The maximum Gasteiger partial charge on any atom is 0.330 e. The Morgan fingerprint density at radius 1 is 1.10 bits per heavy atom. The standard InChI is InChI=1S/C30H40N4O5/c1-21(25-10-5-8-22-7-3-4-9-26(22)25)33-17-14-24(15-18-33)34(30(38)23-12-13-23)20-28(36)32-19-27(35)31-16-6-11-29(37)39-2/h3-11,21,23-24,27,31,35H,12-20H2,1-2H3,(H,32,36)/b11-6+/t21-,27?/m1/s1. The van der Waals surface area contributed by atoms with Gasteiger partial charge in [-0.1, -0.05) is 48.5 Å². The maximum atomic E-state index is 13.1. The van der Waals surface area contributed by atoms with Gasteiger partial charge in [-0.3, -0.25) is 19.8 Å². The van der Waals surface area contributed by atoms with E-state index in [-0.39, 0.29) is 49.5 Å². The minimum Gasteiger partial charge on any atom is -0.466 e. The zero-order valence-corrected chi connectivity index (χ0v) is 22.8. The van der Waals surface area contributed by atoms with Gasteiger partial charge in [0, 0.05) is 43.7 Å². The molecule has 210 valence electrons. The van der Waals surface area contributed by atoms with Crippen molar-refractivity contribution in [1.82, 2.24) is 20.4 Å². The fourth-order valence-electron chi connectivity index (χ4n) is 5.27. The number of fused-ring (bicyclic) bond motifs is 1. The summed E-state index contributed by atoms with van der Waals surface area (Å²) in [5.41, 5.74) is 1.31. The number of carbonyl (C=O) groups excluding carboxylic acids is 3. The van der Waals surface area contributed by atoms with Gasteiger partial charge in [0.1, 0.15) is 6.23 Å². The van der Waals surface area contributed by atoms with Gasteiger partial charge in [-0.2, -0.15) is 0 Å². The average molecular weight is 537 g/mol. The number of piperidine rings is 1. The third-order valence-corrected chi connectivity index (χ3v) is 7.70. The number of ether oxygens (including phenoxy) is 1. The molecule has 39 heavy (non-hydrogen) atoms. The fraction of sp³-hybridized carbons (Fsp3) is 0.500. The molecule has 2 atom stereocenters. The van der Waals surface area contributed by atoms with Crippen molar-refractivity contribution in [3.63, 3.8) is 0 Å². The molecule has 2 fully saturated rings. The van der Waals surface area contributed by atoms with Gasteiger partial charge in [-0.25, -0.2) is 4.79 Å². The van der Waals surface area contributed by atoms with Crippen LogP contribution < -0.4 is 10.6 Å². The smallest absolute Gasteiger partial charge is 0.330 e. The second-order valence-corrected chi connectivity index (χ2v) is 10.4. The molecule has 1 aliphatic carbocycles. The number of likely N-dealkylation sites (tertiary alicyclic amines) is 1. The Kier molecular flexibility index (Phi) is 10.1. The molecule has 1 aliphatic heterocycles. The van der Waals surface area contributed by atoms with Crippen molar-refractivity contribution in [2.24, 2.45) is 5.92 Å². The molecule has 9 nitrogen and oxygen atoms in total. The number of nitrogens with zero attached hydrogens (tertiary/aromatic N) is 2. The molecular weight excluding hydrogens is 496 g/mol. The van der Waals surface area contributed by atoms with Crippen molar-refractivity contribution in [3.05, 3.63) is 60.2 Å². The summed E-state index contributed by atoms with van der Waals surface area (Å²) in [5, 5.41) is 18.1. The SMILES string of the molecule is COC(=O)/C=C/CNC(O)CNC(=O)CN(C(=O)C1CC1)C1CCN([C@H](C)c2cccc3ccccc23)CC1. The minimum atomic E-state index is -0.984. The number of aliphatic hydroxyl groups is 1. The number of amides is 2. The number of benzene rings is 2. The highest BCUT2D eigenvalue weighted by Crippen LogP contribution is 2.34. The zero-order chi connectivity index (χ0) is 27.8. The molecule has 0 aromatic heterocycles. The first-order valence-corrected chi connectivity index (χ1v) is 13.8. The molecule has 4 rings (SSSR count). The Labute approximate surface area is 230 Å². The molecule has 2 amide bonds. The average Bonchev–Trinajstić information content (AvgIpc) is 3.82. The number of hydrogen-bond acceptors (Lipinski definition) is 7. The van der Waals surface area contributed by atoms with Crippen LogP contribution in [0, 0.1) is 5.92 Å². The largest absolute Gasteiger partial charge is 0.466 e. The molecule has 1 saturated carbocycles. The lowest BCUT2D eigenvalue weighted by Crippen LogP contribution is -2.52. The summed E-state index contributed by atoms with van der Waals surface area (Å²) in [5.74, 6) is -0.674. The van der Waals surface area contributed by atoms with E-state index in [9.17, 15) is 19.5 Å². The summed E-state index contributed by atoms with van der Waals surface area (Å²) < 4.78 is 4.51. The van der Waals surface area contributed by atoms with Crippen molar-refractivity contribution in [1.29, 1.82) is 0 Å². The van der Waals surface area contributed by atoms with Crippen LogP contribution in [-0.4, -0.2) is 84.8 Å². The van der Waals surface area contributed by atoms with Crippen molar-refractivity contribution < 1.29 is 24.2 Å². The topological polar surface area (TPSA) is 111 Å². The maximum absolute atomic E-state index is 13.1. The van der Waals surface area contributed by atoms with Gasteiger partial charge in [-0.15, -0.1) is 0 Å². The molecular formula is C30H40N4O5. The van der Waals surface area contributed by atoms with E-state index in [4.69, 9.17) is 0 Å². The molecule has 2 aliphatic rings. The number of aliphatic hydroxyl groups excluding tert-OH is 1. The van der Waals surface area contributed by atoms with Crippen LogP contribution in [-0.2, 0) is 19.1 Å². The monoisotopic (exact) mass is 536 g/mol. The lowest BCUT2D eigenvalue weighted by Gasteiger charge is -2.41. The molecule has 0 spiro atoms. The second-order valence-electron chi connectivity index (χ2n) is 10.4. The van der Waals surface area contributed by atoms with E-state index in [2.05, 4.69) is 69.7 Å². The number of hydrogen-bond donors (Lipinski definition) is 3. The summed E-state index contributed by atoms with van der Waals surface area (Å²) in [6.07, 6.45) is 5.21. The van der Waals surface area contributed by atoms with Crippen molar-refractivity contribution >= 4 is 28.6 Å². The Morgan fingerprint density at radius 3 is 2.54 bits per heavy atom. The highest BCUT2D eigenvalue weighted by Gasteiger charge is 2.38. The predicted octanol–water partition coefficient (Wildman–Crippen LogP) is 2.36. The third-order valence-electron chi connectivity index (χ3n) is 7.70. The zero-order valence-electron chi connectivity index (χ0n) is 22.8. The highest BCUT2D eigenvalue weighted by molar-refractivity contribution is 5.87. The summed E-state index contributed by atoms with van der Waals surface area (Å²) in [6, 6.07) is 15.2. The van der Waals surface area contributed by atoms with E-state index in [0.29, 0.717) is 0 Å². The fourth-order valence-corrected chi connectivity index (χ4v) is 5.27. The first-order valence-electron chi connectivity index (χ1n) is 13.8. The van der Waals surface area contributed by atoms with Gasteiger partial charge in [0.25, 0.3) is 0 Å². The first kappa shape index (κ1) is 28.7. The number of nitrogens with one attached hydrogen (secondary N) is 2. The number of methoxy groups -OCH3 is 1. The first-order chi connectivity index (χ1) is 18.9. The molecule has 3 N–H and O–H groups in total. The van der Waals surface area contributed by atoms with Crippen LogP contribution in [0.25, 0.3) is 10.8 Å². The van der Waals surface area contributed by atoms with E-state index >= 15 is 0 Å². The minimum absolute atomic E-state index is 0.00263. The molecule has 2 aromatic carbocycles. The Morgan fingerprint density at radius 2 is 1.82 bits per heavy atom.